The molecule has 242 valence electrons. The summed E-state index contributed by atoms with van der Waals surface area (Å²) in [4.78, 5) is 39.7. The molecule has 0 aliphatic carbocycles. The van der Waals surface area contributed by atoms with Gasteiger partial charge in [0.2, 0.25) is 0 Å². The molecule has 4 aromatic rings. The Kier molecular flexibility index (Phi) is 11.2. The van der Waals surface area contributed by atoms with E-state index in [0.717, 1.165) is 18.4 Å². The second kappa shape index (κ2) is 15.3. The zero-order valence-corrected chi connectivity index (χ0v) is 27.7. The molecule has 0 bridgehead atoms. The maximum Gasteiger partial charge on any atom is 0.412 e. The third-order valence-electron chi connectivity index (χ3n) is 7.11. The van der Waals surface area contributed by atoms with Gasteiger partial charge < -0.3 is 20.1 Å². The van der Waals surface area contributed by atoms with Crippen LogP contribution in [0.15, 0.2) is 84.9 Å². The molecule has 4 aromatic carbocycles. The predicted molar refractivity (Wildman–Crippen MR) is 184 cm³/mol. The Hall–Kier alpha value is -5.33. The lowest BCUT2D eigenvalue weighted by atomic mass is 9.93. The Labute approximate surface area is 279 Å². The zero-order chi connectivity index (χ0) is 34.1. The van der Waals surface area contributed by atoms with E-state index in [-0.39, 0.29) is 34.5 Å². The summed E-state index contributed by atoms with van der Waals surface area (Å²) >= 11 is 6.37. The molecule has 0 aromatic heterocycles. The third kappa shape index (κ3) is 9.12. The number of anilines is 2. The summed E-state index contributed by atoms with van der Waals surface area (Å²) in [6.07, 6.45) is 0.927. The molecule has 0 aliphatic heterocycles. The highest BCUT2D eigenvalue weighted by Crippen LogP contribution is 2.33. The normalized spacial score (nSPS) is 11.5. The molecule has 4 rings (SSSR count). The number of rotatable bonds is 10. The van der Waals surface area contributed by atoms with Gasteiger partial charge >= 0.3 is 6.09 Å². The predicted octanol–water partition coefficient (Wildman–Crippen LogP) is 8.76. The number of nitrogens with zero attached hydrogens (tertiary/aromatic N) is 1. The van der Waals surface area contributed by atoms with Gasteiger partial charge in [0.1, 0.15) is 11.4 Å². The van der Waals surface area contributed by atoms with Crippen LogP contribution in [0.3, 0.4) is 0 Å². The standard InChI is InChI=1S/C37H37ClN4O5/c1-6-10-31(23-11-8-7-9-12-23)40-34(43)24-13-16-28(25(19-24)22-39)30-20-26(38)14-17-29(30)35(44)41-33-21-27(46-5)15-18-32(33)42-36(45)47-37(2,3)4/h7-9,11-21,31H,6,10H2,1-5H3,(H,40,43)(H,41,44)(H,42,45)/t31-/m1/s1. The minimum atomic E-state index is -0.730. The van der Waals surface area contributed by atoms with Crippen LogP contribution in [0.2, 0.25) is 5.02 Å². The van der Waals surface area contributed by atoms with Crippen LogP contribution in [0.5, 0.6) is 5.75 Å². The molecule has 0 saturated heterocycles. The van der Waals surface area contributed by atoms with Gasteiger partial charge in [-0.2, -0.15) is 5.26 Å². The monoisotopic (exact) mass is 652 g/mol. The van der Waals surface area contributed by atoms with E-state index in [4.69, 9.17) is 21.1 Å². The topological polar surface area (TPSA) is 130 Å². The van der Waals surface area contributed by atoms with Crippen LogP contribution in [0.25, 0.3) is 11.1 Å². The minimum absolute atomic E-state index is 0.187. The van der Waals surface area contributed by atoms with Gasteiger partial charge in [0, 0.05) is 27.8 Å². The highest BCUT2D eigenvalue weighted by atomic mass is 35.5. The second-order valence-electron chi connectivity index (χ2n) is 11.8. The molecule has 3 amide bonds. The van der Waals surface area contributed by atoms with Gasteiger partial charge in [0.25, 0.3) is 11.8 Å². The van der Waals surface area contributed by atoms with Gasteiger partial charge in [-0.15, -0.1) is 0 Å². The number of ether oxygens (including phenoxy) is 2. The SMILES string of the molecule is CCC[C@@H](NC(=O)c1ccc(-c2cc(Cl)ccc2C(=O)Nc2cc(OC)ccc2NC(=O)OC(C)(C)C)c(C#N)c1)c1ccccc1. The minimum Gasteiger partial charge on any atom is -0.497 e. The smallest absolute Gasteiger partial charge is 0.412 e. The van der Waals surface area contributed by atoms with Crippen molar-refractivity contribution in [2.75, 3.05) is 17.7 Å². The number of amides is 3. The largest absolute Gasteiger partial charge is 0.497 e. The molecule has 47 heavy (non-hydrogen) atoms. The van der Waals surface area contributed by atoms with Gasteiger partial charge in [0.15, 0.2) is 0 Å². The van der Waals surface area contributed by atoms with E-state index >= 15 is 0 Å². The Morgan fingerprint density at radius 2 is 1.62 bits per heavy atom. The Morgan fingerprint density at radius 3 is 2.28 bits per heavy atom. The van der Waals surface area contributed by atoms with E-state index in [2.05, 4.69) is 28.9 Å². The maximum atomic E-state index is 13.8. The van der Waals surface area contributed by atoms with Gasteiger partial charge in [-0.25, -0.2) is 4.79 Å². The number of benzene rings is 4. The molecule has 9 nitrogen and oxygen atoms in total. The van der Waals surface area contributed by atoms with Crippen molar-refractivity contribution < 1.29 is 23.9 Å². The van der Waals surface area contributed by atoms with Crippen molar-refractivity contribution >= 4 is 40.9 Å². The second-order valence-corrected chi connectivity index (χ2v) is 12.2. The van der Waals surface area contributed by atoms with E-state index in [1.807, 2.05) is 30.3 Å². The number of methoxy groups -OCH3 is 1. The molecule has 0 heterocycles. The lowest BCUT2D eigenvalue weighted by Gasteiger charge is -2.21. The van der Waals surface area contributed by atoms with E-state index in [1.54, 1.807) is 69.3 Å². The highest BCUT2D eigenvalue weighted by Gasteiger charge is 2.22. The van der Waals surface area contributed by atoms with Crippen LogP contribution in [-0.2, 0) is 4.74 Å². The summed E-state index contributed by atoms with van der Waals surface area (Å²) in [5.41, 5.74) is 2.32. The number of nitrogens with one attached hydrogen (secondary N) is 3. The van der Waals surface area contributed by atoms with Crippen LogP contribution < -0.4 is 20.7 Å². The molecular formula is C37H37ClN4O5. The van der Waals surface area contributed by atoms with Crippen LogP contribution in [-0.4, -0.2) is 30.6 Å². The molecule has 0 unspecified atom stereocenters. The average Bonchev–Trinajstić information content (AvgIpc) is 3.04. The van der Waals surface area contributed by atoms with Gasteiger partial charge in [-0.3, -0.25) is 14.9 Å². The molecular weight excluding hydrogens is 616 g/mol. The van der Waals surface area contributed by atoms with Crippen molar-refractivity contribution in [3.05, 3.63) is 112 Å². The summed E-state index contributed by atoms with van der Waals surface area (Å²) in [6.45, 7) is 7.28. The van der Waals surface area contributed by atoms with E-state index < -0.39 is 17.6 Å². The average molecular weight is 653 g/mol. The molecule has 10 heteroatoms. The van der Waals surface area contributed by atoms with Crippen molar-refractivity contribution in [3.8, 4) is 22.9 Å². The van der Waals surface area contributed by atoms with Crippen molar-refractivity contribution in [2.45, 2.75) is 52.2 Å². The molecule has 0 fully saturated rings. The fourth-order valence-corrected chi connectivity index (χ4v) is 5.13. The summed E-state index contributed by atoms with van der Waals surface area (Å²) < 4.78 is 10.7. The lowest BCUT2D eigenvalue weighted by molar-refractivity contribution is 0.0635. The fraction of sp³-hybridized carbons (Fsp3) is 0.243. The molecule has 0 radical (unpaired) electrons. The highest BCUT2D eigenvalue weighted by molar-refractivity contribution is 6.31. The Bertz CT molecular complexity index is 1810. The number of carbonyl (C=O) groups is 3. The number of halogens is 1. The van der Waals surface area contributed by atoms with Crippen LogP contribution >= 0.6 is 11.6 Å². The summed E-state index contributed by atoms with van der Waals surface area (Å²) in [7, 11) is 1.48. The van der Waals surface area contributed by atoms with Gasteiger partial charge in [0.05, 0.1) is 36.2 Å². The van der Waals surface area contributed by atoms with Crippen LogP contribution in [0.4, 0.5) is 16.2 Å². The first-order valence-corrected chi connectivity index (χ1v) is 15.5. The maximum absolute atomic E-state index is 13.8. The van der Waals surface area contributed by atoms with E-state index in [1.165, 1.54) is 13.2 Å². The van der Waals surface area contributed by atoms with Gasteiger partial charge in [-0.1, -0.05) is 61.3 Å². The van der Waals surface area contributed by atoms with Crippen molar-refractivity contribution in [1.82, 2.24) is 5.32 Å². The van der Waals surface area contributed by atoms with Crippen LogP contribution in [0.1, 0.15) is 78.4 Å². The van der Waals surface area contributed by atoms with Gasteiger partial charge in [-0.05, 0) is 80.8 Å². The van der Waals surface area contributed by atoms with E-state index in [0.29, 0.717) is 27.5 Å². The Balaban J connectivity index is 1.65. The molecule has 1 atom stereocenters. The molecule has 0 aliphatic rings. The van der Waals surface area contributed by atoms with Crippen molar-refractivity contribution in [2.24, 2.45) is 0 Å². The summed E-state index contributed by atoms with van der Waals surface area (Å²) in [5.74, 6) is -0.406. The summed E-state index contributed by atoms with van der Waals surface area (Å²) in [5, 5.41) is 19.1. The number of hydrogen-bond donors (Lipinski definition) is 3. The first-order chi connectivity index (χ1) is 22.4. The molecule has 3 N–H and O–H groups in total. The van der Waals surface area contributed by atoms with Crippen molar-refractivity contribution in [3.63, 3.8) is 0 Å². The summed E-state index contributed by atoms with van der Waals surface area (Å²) in [6, 6.07) is 25.9. The molecule has 0 saturated carbocycles. The number of carbonyl (C=O) groups excluding carboxylic acids is 3. The fourth-order valence-electron chi connectivity index (χ4n) is 4.95. The number of hydrogen-bond acceptors (Lipinski definition) is 6. The number of nitriles is 1. The quantitative estimate of drug-likeness (QED) is 0.157. The van der Waals surface area contributed by atoms with E-state index in [9.17, 15) is 19.6 Å². The molecule has 0 spiro atoms. The lowest BCUT2D eigenvalue weighted by Crippen LogP contribution is -2.28. The third-order valence-corrected chi connectivity index (χ3v) is 7.35. The van der Waals surface area contributed by atoms with Crippen LogP contribution in [0, 0.1) is 11.3 Å². The van der Waals surface area contributed by atoms with Crippen molar-refractivity contribution in [1.29, 1.82) is 5.26 Å². The zero-order valence-electron chi connectivity index (χ0n) is 26.9. The Morgan fingerprint density at radius 1 is 0.872 bits per heavy atom. The first-order valence-electron chi connectivity index (χ1n) is 15.1. The first kappa shape index (κ1) is 34.5.